The van der Waals surface area contributed by atoms with Crippen LogP contribution in [-0.2, 0) is 4.74 Å². The maximum Gasteiger partial charge on any atom is 0.330 e. The zero-order valence-corrected chi connectivity index (χ0v) is 17.0. The minimum absolute atomic E-state index is 0.162. The van der Waals surface area contributed by atoms with E-state index in [2.05, 4.69) is 51.8 Å². The van der Waals surface area contributed by atoms with E-state index in [4.69, 9.17) is 14.2 Å². The van der Waals surface area contributed by atoms with E-state index in [-0.39, 0.29) is 12.0 Å². The Labute approximate surface area is 166 Å². The fourth-order valence-electron chi connectivity index (χ4n) is 2.67. The highest BCUT2D eigenvalue weighted by molar-refractivity contribution is 9.11. The molecule has 1 aliphatic rings. The Kier molecular flexibility index (Phi) is 4.96. The highest BCUT2D eigenvalue weighted by Gasteiger charge is 2.20. The highest BCUT2D eigenvalue weighted by Crippen LogP contribution is 2.41. The lowest BCUT2D eigenvalue weighted by Gasteiger charge is -2.26. The number of anilines is 1. The minimum atomic E-state index is 0.162. The Morgan fingerprint density at radius 3 is 2.69 bits per heavy atom. The molecule has 1 aromatic carbocycles. The van der Waals surface area contributed by atoms with Crippen LogP contribution in [-0.4, -0.2) is 53.3 Å². The van der Waals surface area contributed by atoms with Crippen molar-refractivity contribution >= 4 is 48.7 Å². The Morgan fingerprint density at radius 2 is 1.92 bits per heavy atom. The monoisotopic (exact) mass is 483 g/mol. The number of hydrogen-bond acceptors (Lipinski definition) is 7. The summed E-state index contributed by atoms with van der Waals surface area (Å²) in [5, 5.41) is 0.998. The van der Waals surface area contributed by atoms with Crippen LogP contribution in [0.5, 0.6) is 17.8 Å². The molecule has 4 rings (SSSR count). The summed E-state index contributed by atoms with van der Waals surface area (Å²) in [6, 6.07) is 4.27. The molecule has 0 radical (unpaired) electrons. The molecule has 1 saturated heterocycles. The molecular weight excluding hydrogens is 470 g/mol. The van der Waals surface area contributed by atoms with E-state index in [1.165, 1.54) is 7.11 Å². The van der Waals surface area contributed by atoms with E-state index in [0.717, 1.165) is 19.8 Å². The van der Waals surface area contributed by atoms with Gasteiger partial charge in [0.1, 0.15) is 0 Å². The molecule has 0 bridgehead atoms. The van der Waals surface area contributed by atoms with Crippen LogP contribution < -0.4 is 14.4 Å². The first kappa shape index (κ1) is 17.5. The van der Waals surface area contributed by atoms with Crippen molar-refractivity contribution in [1.29, 1.82) is 0 Å². The number of aromatic nitrogens is 4. The van der Waals surface area contributed by atoms with E-state index in [0.29, 0.717) is 38.0 Å². The first-order valence-corrected chi connectivity index (χ1v) is 9.50. The van der Waals surface area contributed by atoms with Crippen LogP contribution >= 0.6 is 31.9 Å². The summed E-state index contributed by atoms with van der Waals surface area (Å²) < 4.78 is 18.1. The molecule has 10 heteroatoms. The molecule has 3 aromatic rings. The second-order valence-corrected chi connectivity index (χ2v) is 7.19. The molecule has 0 saturated carbocycles. The highest BCUT2D eigenvalue weighted by atomic mass is 79.9. The van der Waals surface area contributed by atoms with Gasteiger partial charge in [-0.05, 0) is 44.0 Å². The van der Waals surface area contributed by atoms with Crippen molar-refractivity contribution in [1.82, 2.24) is 19.9 Å². The van der Waals surface area contributed by atoms with Gasteiger partial charge in [-0.3, -0.25) is 0 Å². The molecule has 2 aromatic heterocycles. The maximum atomic E-state index is 5.98. The van der Waals surface area contributed by atoms with E-state index < -0.39 is 0 Å². The predicted molar refractivity (Wildman–Crippen MR) is 103 cm³/mol. The van der Waals surface area contributed by atoms with Crippen LogP contribution in [0, 0.1) is 0 Å². The third-order valence-corrected chi connectivity index (χ3v) is 5.33. The summed E-state index contributed by atoms with van der Waals surface area (Å²) in [5.41, 5.74) is 0.985. The number of H-pyrrole nitrogens is 1. The molecule has 1 aliphatic heterocycles. The normalized spacial score (nSPS) is 14.7. The molecule has 0 atom stereocenters. The number of halogens is 2. The number of aromatic amines is 1. The van der Waals surface area contributed by atoms with Gasteiger partial charge in [-0.2, -0.15) is 9.97 Å². The number of rotatable bonds is 4. The Hall–Kier alpha value is -1.91. The SMILES string of the molecule is COc1nc(Oc2c(Br)cc3[nH]ccc3c2Br)nc(N2CCOCC2)n1. The van der Waals surface area contributed by atoms with E-state index >= 15 is 0 Å². The topological polar surface area (TPSA) is 85.4 Å². The van der Waals surface area contributed by atoms with Crippen LogP contribution in [0.25, 0.3) is 10.9 Å². The van der Waals surface area contributed by atoms with Gasteiger partial charge in [0.15, 0.2) is 5.75 Å². The molecule has 1 fully saturated rings. The number of nitrogens with zero attached hydrogens (tertiary/aromatic N) is 4. The number of hydrogen-bond donors (Lipinski definition) is 1. The van der Waals surface area contributed by atoms with Crippen LogP contribution in [0.4, 0.5) is 5.95 Å². The minimum Gasteiger partial charge on any atom is -0.467 e. The number of morpholine rings is 1. The average molecular weight is 485 g/mol. The molecule has 0 unspecified atom stereocenters. The van der Waals surface area contributed by atoms with Crippen LogP contribution in [0.15, 0.2) is 27.3 Å². The van der Waals surface area contributed by atoms with Gasteiger partial charge in [0, 0.05) is 30.2 Å². The molecule has 136 valence electrons. The Bertz CT molecular complexity index is 943. The summed E-state index contributed by atoms with van der Waals surface area (Å²) in [7, 11) is 1.51. The van der Waals surface area contributed by atoms with Crippen molar-refractivity contribution in [3.63, 3.8) is 0 Å². The molecule has 0 aliphatic carbocycles. The second kappa shape index (κ2) is 7.37. The van der Waals surface area contributed by atoms with Gasteiger partial charge in [0.25, 0.3) is 0 Å². The molecule has 26 heavy (non-hydrogen) atoms. The maximum absolute atomic E-state index is 5.98. The van der Waals surface area contributed by atoms with Crippen molar-refractivity contribution in [2.45, 2.75) is 0 Å². The lowest BCUT2D eigenvalue weighted by atomic mass is 10.2. The van der Waals surface area contributed by atoms with Crippen molar-refractivity contribution in [3.8, 4) is 17.8 Å². The fourth-order valence-corrected chi connectivity index (χ4v) is 4.08. The van der Waals surface area contributed by atoms with Gasteiger partial charge in [-0.15, -0.1) is 4.98 Å². The zero-order valence-electron chi connectivity index (χ0n) is 13.8. The van der Waals surface area contributed by atoms with Gasteiger partial charge >= 0.3 is 12.0 Å². The second-order valence-electron chi connectivity index (χ2n) is 5.55. The number of fused-ring (bicyclic) bond motifs is 1. The smallest absolute Gasteiger partial charge is 0.330 e. The average Bonchev–Trinajstić information content (AvgIpc) is 3.14. The van der Waals surface area contributed by atoms with Gasteiger partial charge in [0.2, 0.25) is 5.95 Å². The lowest BCUT2D eigenvalue weighted by Crippen LogP contribution is -2.37. The van der Waals surface area contributed by atoms with Gasteiger partial charge in [-0.25, -0.2) is 0 Å². The fraction of sp³-hybridized carbons (Fsp3) is 0.312. The Morgan fingerprint density at radius 1 is 1.15 bits per heavy atom. The molecule has 1 N–H and O–H groups in total. The summed E-state index contributed by atoms with van der Waals surface area (Å²) in [4.78, 5) is 18.2. The van der Waals surface area contributed by atoms with Crippen LogP contribution in [0.1, 0.15) is 0 Å². The summed E-state index contributed by atoms with van der Waals surface area (Å²) in [6.45, 7) is 2.67. The van der Waals surface area contributed by atoms with Crippen molar-refractivity contribution in [3.05, 3.63) is 27.3 Å². The first-order valence-electron chi connectivity index (χ1n) is 7.91. The largest absolute Gasteiger partial charge is 0.467 e. The third-order valence-electron chi connectivity index (χ3n) is 3.96. The van der Waals surface area contributed by atoms with Gasteiger partial charge in [0.05, 0.1) is 29.3 Å². The molecule has 8 nitrogen and oxygen atoms in total. The third kappa shape index (κ3) is 3.36. The molecule has 0 amide bonds. The van der Waals surface area contributed by atoms with Crippen LogP contribution in [0.2, 0.25) is 0 Å². The lowest BCUT2D eigenvalue weighted by molar-refractivity contribution is 0.122. The Balaban J connectivity index is 1.71. The van der Waals surface area contributed by atoms with E-state index in [9.17, 15) is 0 Å². The number of nitrogens with one attached hydrogen (secondary N) is 1. The quantitative estimate of drug-likeness (QED) is 0.606. The summed E-state index contributed by atoms with van der Waals surface area (Å²) in [5.74, 6) is 1.09. The predicted octanol–water partition coefficient (Wildman–Crippen LogP) is 3.52. The van der Waals surface area contributed by atoms with E-state index in [1.54, 1.807) is 0 Å². The van der Waals surface area contributed by atoms with Gasteiger partial charge in [-0.1, -0.05) is 0 Å². The van der Waals surface area contributed by atoms with Gasteiger partial charge < -0.3 is 24.1 Å². The van der Waals surface area contributed by atoms with Crippen LogP contribution in [0.3, 0.4) is 0 Å². The first-order chi connectivity index (χ1) is 12.7. The van der Waals surface area contributed by atoms with Crippen molar-refractivity contribution in [2.75, 3.05) is 38.3 Å². The summed E-state index contributed by atoms with van der Waals surface area (Å²) >= 11 is 7.13. The van der Waals surface area contributed by atoms with E-state index in [1.807, 2.05) is 23.2 Å². The molecule has 0 spiro atoms. The molecular formula is C16H15Br2N5O3. The van der Waals surface area contributed by atoms with Crippen molar-refractivity contribution in [2.24, 2.45) is 0 Å². The number of ether oxygens (including phenoxy) is 3. The van der Waals surface area contributed by atoms with Crippen molar-refractivity contribution < 1.29 is 14.2 Å². The standard InChI is InChI=1S/C16H15Br2N5O3/c1-24-15-20-14(23-4-6-25-7-5-23)21-16(22-15)26-13-10(17)8-11-9(12(13)18)2-3-19-11/h2-3,8,19H,4-7H2,1H3. The zero-order chi connectivity index (χ0) is 18.1. The summed E-state index contributed by atoms with van der Waals surface area (Å²) in [6.07, 6.45) is 1.87. The molecule has 3 heterocycles. The number of benzene rings is 1. The number of methoxy groups -OCH3 is 1.